The van der Waals surface area contributed by atoms with E-state index in [-0.39, 0.29) is 18.8 Å². The maximum atomic E-state index is 12.8. The van der Waals surface area contributed by atoms with Gasteiger partial charge in [0.05, 0.1) is 12.8 Å². The Kier molecular flexibility index (Phi) is 6.66. The van der Waals surface area contributed by atoms with E-state index in [0.29, 0.717) is 18.6 Å². The first kappa shape index (κ1) is 19.1. The lowest BCUT2D eigenvalue weighted by Crippen LogP contribution is -2.52. The number of oxime groups is 1. The molecular formula is C17H25NO5. The van der Waals surface area contributed by atoms with Gasteiger partial charge in [-0.05, 0) is 11.8 Å². The number of rotatable bonds is 7. The number of carbonyl (C=O) groups excluding carboxylic acids is 3. The van der Waals surface area contributed by atoms with Gasteiger partial charge in [-0.25, -0.2) is 0 Å². The molecule has 0 aromatic rings. The summed E-state index contributed by atoms with van der Waals surface area (Å²) in [5.74, 6) is -3.30. The van der Waals surface area contributed by atoms with Crippen LogP contribution in [0.2, 0.25) is 0 Å². The first-order valence-electron chi connectivity index (χ1n) is 7.74. The molecular weight excluding hydrogens is 298 g/mol. The zero-order chi connectivity index (χ0) is 17.6. The number of ether oxygens (including phenoxy) is 1. The average molecular weight is 323 g/mol. The Balaban J connectivity index is 3.19. The third kappa shape index (κ3) is 4.27. The highest BCUT2D eigenvalue weighted by Gasteiger charge is 2.53. The Bertz CT molecular complexity index is 521. The van der Waals surface area contributed by atoms with Gasteiger partial charge in [-0.15, -0.1) is 0 Å². The normalized spacial score (nSPS) is 24.3. The van der Waals surface area contributed by atoms with E-state index in [1.165, 1.54) is 13.2 Å². The maximum Gasteiger partial charge on any atom is 0.316 e. The Morgan fingerprint density at radius 1 is 1.43 bits per heavy atom. The molecule has 2 unspecified atom stereocenters. The van der Waals surface area contributed by atoms with E-state index in [1.54, 1.807) is 13.8 Å². The van der Waals surface area contributed by atoms with Gasteiger partial charge in [-0.3, -0.25) is 14.4 Å². The van der Waals surface area contributed by atoms with E-state index in [9.17, 15) is 14.4 Å². The molecule has 1 fully saturated rings. The van der Waals surface area contributed by atoms with Crippen molar-refractivity contribution < 1.29 is 24.0 Å². The lowest BCUT2D eigenvalue weighted by Gasteiger charge is -2.38. The fourth-order valence-corrected chi connectivity index (χ4v) is 2.94. The molecule has 128 valence electrons. The molecule has 6 heteroatoms. The molecule has 0 aromatic heterocycles. The highest BCUT2D eigenvalue weighted by Crippen LogP contribution is 2.40. The summed E-state index contributed by atoms with van der Waals surface area (Å²) >= 11 is 0. The fourth-order valence-electron chi connectivity index (χ4n) is 2.94. The highest BCUT2D eigenvalue weighted by molar-refractivity contribution is 6.26. The van der Waals surface area contributed by atoms with Crippen molar-refractivity contribution in [1.82, 2.24) is 0 Å². The predicted octanol–water partition coefficient (Wildman–Crippen LogP) is 2.32. The molecule has 6 nitrogen and oxygen atoms in total. The molecule has 0 N–H and O–H groups in total. The topological polar surface area (TPSA) is 82.0 Å². The van der Waals surface area contributed by atoms with Gasteiger partial charge < -0.3 is 9.57 Å². The van der Waals surface area contributed by atoms with Crippen LogP contribution in [0.25, 0.3) is 0 Å². The third-order valence-electron chi connectivity index (χ3n) is 3.95. The first-order chi connectivity index (χ1) is 10.8. The summed E-state index contributed by atoms with van der Waals surface area (Å²) in [5, 5.41) is 3.95. The minimum Gasteiger partial charge on any atom is -0.468 e. The summed E-state index contributed by atoms with van der Waals surface area (Å²) in [6, 6.07) is 0. The van der Waals surface area contributed by atoms with Crippen LogP contribution in [0.3, 0.4) is 0 Å². The smallest absolute Gasteiger partial charge is 0.316 e. The zero-order valence-corrected chi connectivity index (χ0v) is 14.3. The number of Topliss-reactive ketones (excluding diaryl/α,β-unsaturated/α-hetero) is 2. The summed E-state index contributed by atoms with van der Waals surface area (Å²) < 4.78 is 4.76. The minimum atomic E-state index is -1.03. The van der Waals surface area contributed by atoms with Crippen molar-refractivity contribution in [3.8, 4) is 0 Å². The minimum absolute atomic E-state index is 0.118. The molecule has 0 radical (unpaired) electrons. The van der Waals surface area contributed by atoms with Crippen LogP contribution in [0.15, 0.2) is 17.8 Å². The maximum absolute atomic E-state index is 12.8. The van der Waals surface area contributed by atoms with E-state index in [4.69, 9.17) is 9.57 Å². The van der Waals surface area contributed by atoms with Gasteiger partial charge in [-0.1, -0.05) is 45.0 Å². The number of nitrogens with zero attached hydrogens (tertiary/aromatic N) is 1. The Morgan fingerprint density at radius 2 is 2.09 bits per heavy atom. The van der Waals surface area contributed by atoms with Gasteiger partial charge in [0.25, 0.3) is 0 Å². The second kappa shape index (κ2) is 8.04. The Hall–Kier alpha value is -1.98. The number of methoxy groups -OCH3 is 1. The lowest BCUT2D eigenvalue weighted by molar-refractivity contribution is -0.159. The molecule has 23 heavy (non-hydrogen) atoms. The lowest BCUT2D eigenvalue weighted by atomic mass is 9.63. The fraction of sp³-hybridized carbons (Fsp3) is 0.647. The van der Waals surface area contributed by atoms with Crippen LogP contribution in [0.4, 0.5) is 0 Å². The van der Waals surface area contributed by atoms with E-state index < -0.39 is 29.0 Å². The van der Waals surface area contributed by atoms with E-state index >= 15 is 0 Å². The summed E-state index contributed by atoms with van der Waals surface area (Å²) in [6.45, 7) is 9.09. The number of carbonyl (C=O) groups is 3. The van der Waals surface area contributed by atoms with Crippen molar-refractivity contribution in [3.05, 3.63) is 12.7 Å². The standard InChI is InChI=1S/C17H25NO5/c1-6-8-11(18-23-9-7-2)13-12(19)10-17(3,4)14(15(13)20)16(21)22-5/h7,13-14H,2,6,8-10H2,1,3-5H3. The van der Waals surface area contributed by atoms with Crippen LogP contribution in [-0.4, -0.2) is 37.0 Å². The highest BCUT2D eigenvalue weighted by atomic mass is 16.6. The van der Waals surface area contributed by atoms with Crippen LogP contribution in [0.5, 0.6) is 0 Å². The number of ketones is 2. The van der Waals surface area contributed by atoms with Crippen molar-refractivity contribution in [2.45, 2.75) is 40.0 Å². The molecule has 1 aliphatic carbocycles. The second-order valence-electron chi connectivity index (χ2n) is 6.34. The van der Waals surface area contributed by atoms with Crippen molar-refractivity contribution in [3.63, 3.8) is 0 Å². The average Bonchev–Trinajstić information content (AvgIpc) is 2.45. The first-order valence-corrected chi connectivity index (χ1v) is 7.74. The molecule has 0 heterocycles. The summed E-state index contributed by atoms with van der Waals surface area (Å²) in [7, 11) is 1.24. The van der Waals surface area contributed by atoms with E-state index in [1.807, 2.05) is 6.92 Å². The molecule has 0 saturated heterocycles. The van der Waals surface area contributed by atoms with E-state index in [2.05, 4.69) is 11.7 Å². The summed E-state index contributed by atoms with van der Waals surface area (Å²) in [4.78, 5) is 42.4. The van der Waals surface area contributed by atoms with Crippen molar-refractivity contribution in [2.24, 2.45) is 22.4 Å². The molecule has 0 aromatic carbocycles. The molecule has 1 rings (SSSR count). The van der Waals surface area contributed by atoms with Crippen molar-refractivity contribution in [1.29, 1.82) is 0 Å². The SMILES string of the molecule is C=CCON=C(CCC)C1C(=O)CC(C)(C)C(C(=O)OC)C1=O. The van der Waals surface area contributed by atoms with Crippen LogP contribution >= 0.6 is 0 Å². The molecule has 0 bridgehead atoms. The van der Waals surface area contributed by atoms with Gasteiger partial charge in [0.2, 0.25) is 0 Å². The molecule has 0 aliphatic heterocycles. The quantitative estimate of drug-likeness (QED) is 0.179. The van der Waals surface area contributed by atoms with Gasteiger partial charge >= 0.3 is 5.97 Å². The van der Waals surface area contributed by atoms with Gasteiger partial charge in [0, 0.05) is 6.42 Å². The molecule has 2 atom stereocenters. The predicted molar refractivity (Wildman–Crippen MR) is 85.9 cm³/mol. The van der Waals surface area contributed by atoms with Gasteiger partial charge in [-0.2, -0.15) is 0 Å². The van der Waals surface area contributed by atoms with Gasteiger partial charge in [0.15, 0.2) is 5.78 Å². The molecule has 0 spiro atoms. The van der Waals surface area contributed by atoms with Crippen LogP contribution in [0, 0.1) is 17.3 Å². The number of hydrogen-bond donors (Lipinski definition) is 0. The van der Waals surface area contributed by atoms with Gasteiger partial charge in [0.1, 0.15) is 24.2 Å². The second-order valence-corrected chi connectivity index (χ2v) is 6.34. The van der Waals surface area contributed by atoms with E-state index in [0.717, 1.165) is 0 Å². The zero-order valence-electron chi connectivity index (χ0n) is 14.3. The summed E-state index contributed by atoms with van der Waals surface area (Å²) in [5.41, 5.74) is -0.398. The number of esters is 1. The van der Waals surface area contributed by atoms with Crippen LogP contribution in [0.1, 0.15) is 40.0 Å². The molecule has 1 saturated carbocycles. The summed E-state index contributed by atoms with van der Waals surface area (Å²) in [6.07, 6.45) is 2.80. The van der Waals surface area contributed by atoms with Crippen LogP contribution in [-0.2, 0) is 24.0 Å². The molecule has 1 aliphatic rings. The largest absolute Gasteiger partial charge is 0.468 e. The van der Waals surface area contributed by atoms with Crippen LogP contribution < -0.4 is 0 Å². The van der Waals surface area contributed by atoms with Crippen molar-refractivity contribution in [2.75, 3.05) is 13.7 Å². The Labute approximate surface area is 136 Å². The van der Waals surface area contributed by atoms with Crippen molar-refractivity contribution >= 4 is 23.2 Å². The third-order valence-corrected chi connectivity index (χ3v) is 3.95. The number of hydrogen-bond acceptors (Lipinski definition) is 6. The molecule has 0 amide bonds. The Morgan fingerprint density at radius 3 is 2.61 bits per heavy atom. The monoisotopic (exact) mass is 323 g/mol.